The second kappa shape index (κ2) is 15.7. The smallest absolute Gasteiger partial charge is 0.425 e. The number of nitrogens with zero attached hydrogens (tertiary/aromatic N) is 3. The van der Waals surface area contributed by atoms with Crippen molar-refractivity contribution < 1.29 is 32.3 Å². The third-order valence-electron chi connectivity index (χ3n) is 7.86. The Morgan fingerprint density at radius 2 is 1.76 bits per heavy atom. The predicted molar refractivity (Wildman–Crippen MR) is 154 cm³/mol. The van der Waals surface area contributed by atoms with Gasteiger partial charge in [-0.15, -0.1) is 0 Å². The first-order valence-corrected chi connectivity index (χ1v) is 15.5. The summed E-state index contributed by atoms with van der Waals surface area (Å²) in [5, 5.41) is 16.7. The lowest BCUT2D eigenvalue weighted by Crippen LogP contribution is -2.41. The average molecular weight is 597 g/mol. The Balaban J connectivity index is 0.000000235. The van der Waals surface area contributed by atoms with Crippen LogP contribution < -0.4 is 10.1 Å². The van der Waals surface area contributed by atoms with E-state index in [1.165, 1.54) is 70.4 Å². The first kappa shape index (κ1) is 33.8. The number of aromatic carboxylic acids is 1. The molecule has 2 aliphatic rings. The van der Waals surface area contributed by atoms with Gasteiger partial charge in [-0.05, 0) is 57.9 Å². The molecule has 2 aromatic rings. The van der Waals surface area contributed by atoms with Crippen molar-refractivity contribution in [3.8, 4) is 5.75 Å². The standard InChI is InChI=1S/C19H35N3O.C12H12F3NO3/c1-4-5-6-7-8-9-10-11-14-20-19(3,15-17-12-13-17)18-21-16(2)23-22-18;1-6(12(13,14)15)19-10-4-9(11(17)18)16-5-8(10)7-2-3-7/h17,20H,4-15H2,1-3H3;4-7H,2-3H2,1H3,(H,17,18)/t;6-/m.0/s1. The van der Waals surface area contributed by atoms with Crippen LogP contribution in [-0.4, -0.2) is 45.0 Å². The van der Waals surface area contributed by atoms with Crippen LogP contribution in [0.5, 0.6) is 5.75 Å². The second-order valence-electron chi connectivity index (χ2n) is 12.0. The lowest BCUT2D eigenvalue weighted by Gasteiger charge is -2.28. The van der Waals surface area contributed by atoms with Gasteiger partial charge in [-0.1, -0.05) is 69.9 Å². The number of carboxylic acids is 1. The molecule has 2 saturated carbocycles. The number of carbonyl (C=O) groups is 1. The van der Waals surface area contributed by atoms with E-state index >= 15 is 0 Å². The number of ether oxygens (including phenoxy) is 1. The predicted octanol–water partition coefficient (Wildman–Crippen LogP) is 8.11. The van der Waals surface area contributed by atoms with E-state index in [1.807, 2.05) is 6.92 Å². The van der Waals surface area contributed by atoms with Gasteiger partial charge in [0.2, 0.25) is 5.89 Å². The number of rotatable bonds is 17. The van der Waals surface area contributed by atoms with Gasteiger partial charge in [0, 0.05) is 24.8 Å². The molecule has 0 spiro atoms. The Labute approximate surface area is 247 Å². The molecule has 2 aliphatic carbocycles. The topological polar surface area (TPSA) is 110 Å². The zero-order valence-corrected chi connectivity index (χ0v) is 25.4. The minimum absolute atomic E-state index is 0.0419. The third kappa shape index (κ3) is 11.2. The number of aromatic nitrogens is 3. The highest BCUT2D eigenvalue weighted by atomic mass is 19.4. The van der Waals surface area contributed by atoms with Crippen LogP contribution in [-0.2, 0) is 5.54 Å². The number of aryl methyl sites for hydroxylation is 1. The van der Waals surface area contributed by atoms with Gasteiger partial charge in [0.25, 0.3) is 0 Å². The van der Waals surface area contributed by atoms with Crippen molar-refractivity contribution in [2.24, 2.45) is 5.92 Å². The summed E-state index contributed by atoms with van der Waals surface area (Å²) in [7, 11) is 0. The SMILES string of the molecule is CCCCCCCCCCNC(C)(CC1CC1)c1noc(C)n1.C[C@H](Oc1cc(C(=O)O)ncc1C1CC1)C(F)(F)F. The van der Waals surface area contributed by atoms with Gasteiger partial charge in [-0.3, -0.25) is 0 Å². The van der Waals surface area contributed by atoms with Crippen LogP contribution >= 0.6 is 0 Å². The highest BCUT2D eigenvalue weighted by molar-refractivity contribution is 5.85. The van der Waals surface area contributed by atoms with Crippen LogP contribution in [0.1, 0.15) is 138 Å². The molecule has 2 aromatic heterocycles. The Hall–Kier alpha value is -2.69. The number of carboxylic acid groups (broad SMARTS) is 1. The molecule has 0 bridgehead atoms. The quantitative estimate of drug-likeness (QED) is 0.176. The van der Waals surface area contributed by atoms with Gasteiger partial charge in [-0.25, -0.2) is 9.78 Å². The molecule has 2 N–H and O–H groups in total. The van der Waals surface area contributed by atoms with Crippen molar-refractivity contribution in [2.45, 2.75) is 135 Å². The zero-order valence-electron chi connectivity index (χ0n) is 25.4. The molecule has 1 unspecified atom stereocenters. The van der Waals surface area contributed by atoms with Crippen LogP contribution in [0, 0.1) is 12.8 Å². The van der Waals surface area contributed by atoms with E-state index < -0.39 is 18.2 Å². The van der Waals surface area contributed by atoms with E-state index in [0.717, 1.165) is 50.5 Å². The normalized spacial score (nSPS) is 17.2. The van der Waals surface area contributed by atoms with Crippen LogP contribution in [0.25, 0.3) is 0 Å². The summed E-state index contributed by atoms with van der Waals surface area (Å²) < 4.78 is 47.5. The summed E-state index contributed by atoms with van der Waals surface area (Å²) in [6.45, 7) is 8.31. The van der Waals surface area contributed by atoms with E-state index in [2.05, 4.69) is 34.3 Å². The fourth-order valence-corrected chi connectivity index (χ4v) is 4.91. The van der Waals surface area contributed by atoms with Crippen LogP contribution in [0.15, 0.2) is 16.8 Å². The van der Waals surface area contributed by atoms with Crippen LogP contribution in [0.2, 0.25) is 0 Å². The van der Waals surface area contributed by atoms with Crippen molar-refractivity contribution in [3.63, 3.8) is 0 Å². The Kier molecular flexibility index (Phi) is 12.6. The maximum absolute atomic E-state index is 12.5. The fraction of sp³-hybridized carbons (Fsp3) is 0.742. The number of alkyl halides is 3. The summed E-state index contributed by atoms with van der Waals surface area (Å²) in [6, 6.07) is 1.05. The molecule has 0 radical (unpaired) electrons. The molecule has 4 rings (SSSR count). The molecule has 0 saturated heterocycles. The van der Waals surface area contributed by atoms with Gasteiger partial charge in [0.05, 0.1) is 5.54 Å². The maximum atomic E-state index is 12.5. The van der Waals surface area contributed by atoms with Crippen molar-refractivity contribution in [2.75, 3.05) is 6.54 Å². The minimum atomic E-state index is -4.49. The van der Waals surface area contributed by atoms with Crippen molar-refractivity contribution in [3.05, 3.63) is 35.2 Å². The summed E-state index contributed by atoms with van der Waals surface area (Å²) in [5.41, 5.74) is 0.0925. The van der Waals surface area contributed by atoms with Gasteiger partial charge >= 0.3 is 12.1 Å². The zero-order chi connectivity index (χ0) is 30.8. The summed E-state index contributed by atoms with van der Waals surface area (Å²) in [5.74, 6) is 1.11. The Morgan fingerprint density at radius 3 is 2.29 bits per heavy atom. The summed E-state index contributed by atoms with van der Waals surface area (Å²) in [4.78, 5) is 19.0. The second-order valence-corrected chi connectivity index (χ2v) is 12.0. The number of pyridine rings is 1. The molecule has 2 heterocycles. The maximum Gasteiger partial charge on any atom is 0.425 e. The Morgan fingerprint density at radius 1 is 1.12 bits per heavy atom. The molecule has 236 valence electrons. The molecule has 2 fully saturated rings. The lowest BCUT2D eigenvalue weighted by atomic mass is 9.93. The van der Waals surface area contributed by atoms with Crippen LogP contribution in [0.4, 0.5) is 13.2 Å². The van der Waals surface area contributed by atoms with E-state index in [-0.39, 0.29) is 22.9 Å². The Bertz CT molecular complexity index is 1120. The first-order valence-electron chi connectivity index (χ1n) is 15.5. The number of hydrogen-bond acceptors (Lipinski definition) is 7. The summed E-state index contributed by atoms with van der Waals surface area (Å²) in [6.07, 6.45) is 11.2. The van der Waals surface area contributed by atoms with Crippen molar-refractivity contribution >= 4 is 5.97 Å². The minimum Gasteiger partial charge on any atom is -0.481 e. The molecule has 2 atom stereocenters. The first-order chi connectivity index (χ1) is 19.9. The van der Waals surface area contributed by atoms with E-state index in [0.29, 0.717) is 11.5 Å². The fourth-order valence-electron chi connectivity index (χ4n) is 4.91. The number of hydrogen-bond donors (Lipinski definition) is 2. The largest absolute Gasteiger partial charge is 0.481 e. The van der Waals surface area contributed by atoms with Gasteiger partial charge < -0.3 is 19.7 Å². The monoisotopic (exact) mass is 596 g/mol. The average Bonchev–Trinajstić information content (AvgIpc) is 3.87. The van der Waals surface area contributed by atoms with Gasteiger partial charge in [0.1, 0.15) is 5.75 Å². The summed E-state index contributed by atoms with van der Waals surface area (Å²) >= 11 is 0. The molecule has 0 amide bonds. The van der Waals surface area contributed by atoms with E-state index in [1.54, 1.807) is 0 Å². The van der Waals surface area contributed by atoms with E-state index in [9.17, 15) is 18.0 Å². The number of halogens is 3. The molecule has 0 aromatic carbocycles. The van der Waals surface area contributed by atoms with Gasteiger partial charge in [-0.2, -0.15) is 18.2 Å². The van der Waals surface area contributed by atoms with Crippen LogP contribution in [0.3, 0.4) is 0 Å². The van der Waals surface area contributed by atoms with Crippen molar-refractivity contribution in [1.29, 1.82) is 0 Å². The highest BCUT2D eigenvalue weighted by Crippen LogP contribution is 2.45. The van der Waals surface area contributed by atoms with E-state index in [4.69, 9.17) is 14.4 Å². The van der Waals surface area contributed by atoms with Crippen molar-refractivity contribution in [1.82, 2.24) is 20.4 Å². The number of unbranched alkanes of at least 4 members (excludes halogenated alkanes) is 7. The molecular weight excluding hydrogens is 549 g/mol. The molecule has 8 nitrogen and oxygen atoms in total. The molecular formula is C31H47F3N4O4. The molecule has 42 heavy (non-hydrogen) atoms. The lowest BCUT2D eigenvalue weighted by molar-refractivity contribution is -0.189. The molecule has 11 heteroatoms. The molecule has 0 aliphatic heterocycles. The van der Waals surface area contributed by atoms with Gasteiger partial charge in [0.15, 0.2) is 17.6 Å². The third-order valence-corrected chi connectivity index (χ3v) is 7.86. The highest BCUT2D eigenvalue weighted by Gasteiger charge is 2.40. The number of nitrogens with one attached hydrogen (secondary N) is 1.